The normalized spacial score (nSPS) is 16.3. The van der Waals surface area contributed by atoms with E-state index in [2.05, 4.69) is 10.3 Å². The minimum absolute atomic E-state index is 0.0272. The molecule has 11 heteroatoms. The molecule has 0 spiro atoms. The Morgan fingerprint density at radius 1 is 1.25 bits per heavy atom. The van der Waals surface area contributed by atoms with Crippen molar-refractivity contribution in [2.75, 3.05) is 27.7 Å². The minimum Gasteiger partial charge on any atom is -0.481 e. The van der Waals surface area contributed by atoms with Gasteiger partial charge in [-0.3, -0.25) is 9.59 Å². The van der Waals surface area contributed by atoms with Crippen molar-refractivity contribution in [3.63, 3.8) is 0 Å². The molecule has 0 bridgehead atoms. The number of ether oxygens (including phenoxy) is 1. The van der Waals surface area contributed by atoms with Gasteiger partial charge in [-0.25, -0.2) is 4.98 Å². The Labute approximate surface area is 213 Å². The zero-order valence-electron chi connectivity index (χ0n) is 20.4. The number of hydrogen-bond acceptors (Lipinski definition) is 5. The van der Waals surface area contributed by atoms with Gasteiger partial charge in [0.05, 0.1) is 12.5 Å². The fourth-order valence-corrected chi connectivity index (χ4v) is 4.62. The Bertz CT molecular complexity index is 1090. The molecule has 1 aliphatic rings. The number of nitrogens with one attached hydrogen (secondary N) is 1. The Morgan fingerprint density at radius 3 is 2.42 bits per heavy atom. The Hall–Kier alpha value is -2.85. The summed E-state index contributed by atoms with van der Waals surface area (Å²) in [5.74, 6) is -1.83. The van der Waals surface area contributed by atoms with Gasteiger partial charge in [-0.2, -0.15) is 13.2 Å². The molecule has 0 saturated heterocycles. The zero-order valence-corrected chi connectivity index (χ0v) is 21.1. The van der Waals surface area contributed by atoms with Crippen molar-refractivity contribution in [3.05, 3.63) is 58.2 Å². The van der Waals surface area contributed by atoms with Crippen LogP contribution in [-0.4, -0.2) is 61.7 Å². The Morgan fingerprint density at radius 2 is 1.94 bits per heavy atom. The topological polar surface area (TPSA) is 97.5 Å². The third-order valence-corrected chi connectivity index (χ3v) is 7.19. The van der Waals surface area contributed by atoms with Gasteiger partial charge in [-0.15, -0.1) is 0 Å². The van der Waals surface area contributed by atoms with Crippen LogP contribution in [-0.2, 0) is 11.2 Å². The number of hydrogen-bond donors (Lipinski definition) is 2. The summed E-state index contributed by atoms with van der Waals surface area (Å²) in [6.07, 6.45) is -3.01. The first kappa shape index (κ1) is 27.7. The first-order chi connectivity index (χ1) is 16.9. The predicted molar refractivity (Wildman–Crippen MR) is 130 cm³/mol. The second-order valence-corrected chi connectivity index (χ2v) is 9.75. The smallest absolute Gasteiger partial charge is 0.395 e. The van der Waals surface area contributed by atoms with Crippen LogP contribution in [0, 0.1) is 5.41 Å². The van der Waals surface area contributed by atoms with E-state index in [-0.39, 0.29) is 43.3 Å². The fourth-order valence-electron chi connectivity index (χ4n) is 4.36. The molecular weight excluding hydrogens is 497 g/mol. The van der Waals surface area contributed by atoms with Crippen molar-refractivity contribution < 1.29 is 27.5 Å². The molecule has 2 aromatic rings. The van der Waals surface area contributed by atoms with Crippen LogP contribution in [0.3, 0.4) is 0 Å². The van der Waals surface area contributed by atoms with Crippen LogP contribution >= 0.6 is 11.6 Å². The van der Waals surface area contributed by atoms with E-state index in [4.69, 9.17) is 22.1 Å². The number of nitrogens with zero attached hydrogens (tertiary/aromatic N) is 2. The van der Waals surface area contributed by atoms with E-state index in [1.165, 1.54) is 31.5 Å². The van der Waals surface area contributed by atoms with Crippen LogP contribution in [0.4, 0.5) is 13.2 Å². The molecule has 1 aliphatic carbocycles. The first-order valence-corrected chi connectivity index (χ1v) is 11.8. The van der Waals surface area contributed by atoms with Crippen molar-refractivity contribution in [1.82, 2.24) is 15.2 Å². The zero-order chi connectivity index (χ0) is 26.7. The maximum Gasteiger partial charge on any atom is 0.395 e. The van der Waals surface area contributed by atoms with Gasteiger partial charge in [0.25, 0.3) is 0 Å². The molecular formula is C25H30ClF3N4O3. The van der Waals surface area contributed by atoms with Crippen molar-refractivity contribution in [2.45, 2.75) is 43.8 Å². The lowest BCUT2D eigenvalue weighted by atomic mass is 9.80. The fraction of sp³-hybridized carbons (Fsp3) is 0.480. The van der Waals surface area contributed by atoms with Gasteiger partial charge in [0.2, 0.25) is 17.7 Å². The number of methoxy groups -OCH3 is 1. The second kappa shape index (κ2) is 11.0. The molecule has 36 heavy (non-hydrogen) atoms. The second-order valence-electron chi connectivity index (χ2n) is 9.34. The van der Waals surface area contributed by atoms with Crippen LogP contribution in [0.2, 0.25) is 5.02 Å². The summed E-state index contributed by atoms with van der Waals surface area (Å²) >= 11 is 6.31. The lowest BCUT2D eigenvalue weighted by Gasteiger charge is -2.30. The number of nitrogens with two attached hydrogens (primary N) is 1. The minimum atomic E-state index is -4.43. The summed E-state index contributed by atoms with van der Waals surface area (Å²) in [7, 11) is 5.08. The van der Waals surface area contributed by atoms with Gasteiger partial charge in [0, 0.05) is 47.8 Å². The van der Waals surface area contributed by atoms with E-state index in [9.17, 15) is 22.8 Å². The number of benzene rings is 1. The summed E-state index contributed by atoms with van der Waals surface area (Å²) in [5, 5.41) is 3.17. The molecule has 196 valence electrons. The van der Waals surface area contributed by atoms with E-state index < -0.39 is 29.3 Å². The van der Waals surface area contributed by atoms with Crippen molar-refractivity contribution >= 4 is 23.4 Å². The van der Waals surface area contributed by atoms with Crippen LogP contribution in [0.5, 0.6) is 5.88 Å². The monoisotopic (exact) mass is 526 g/mol. The van der Waals surface area contributed by atoms with Crippen LogP contribution < -0.4 is 15.8 Å². The first-order valence-electron chi connectivity index (χ1n) is 11.5. The number of aromatic nitrogens is 1. The highest BCUT2D eigenvalue weighted by Crippen LogP contribution is 2.66. The average molecular weight is 527 g/mol. The molecule has 2 amide bonds. The average Bonchev–Trinajstić information content (AvgIpc) is 3.63. The van der Waals surface area contributed by atoms with E-state index in [1.807, 2.05) is 19.0 Å². The molecule has 1 aromatic carbocycles. The van der Waals surface area contributed by atoms with Crippen molar-refractivity contribution in [1.29, 1.82) is 0 Å². The summed E-state index contributed by atoms with van der Waals surface area (Å²) in [4.78, 5) is 30.2. The van der Waals surface area contributed by atoms with Gasteiger partial charge in [-0.05, 0) is 56.6 Å². The van der Waals surface area contributed by atoms with Crippen molar-refractivity contribution in [2.24, 2.45) is 11.1 Å². The molecule has 7 nitrogen and oxygen atoms in total. The third-order valence-electron chi connectivity index (χ3n) is 6.84. The van der Waals surface area contributed by atoms with Crippen LogP contribution in [0.1, 0.15) is 46.7 Å². The molecule has 0 radical (unpaired) electrons. The number of carbonyl (C=O) groups is 2. The maximum atomic E-state index is 14.0. The maximum absolute atomic E-state index is 14.0. The number of alkyl halides is 3. The van der Waals surface area contributed by atoms with E-state index in [0.717, 1.165) is 5.56 Å². The number of primary amides is 1. The predicted octanol–water partition coefficient (Wildman–Crippen LogP) is 3.95. The summed E-state index contributed by atoms with van der Waals surface area (Å²) in [6.45, 7) is 0.201. The largest absolute Gasteiger partial charge is 0.481 e. The standard InChI is InChI=1S/C25H30ClF3N4O3/c1-33(2)18(10-15-4-5-16(23(30)35)11-20(15)26)14-31-21(34)12-19(24(8-9-24)25(27,28)29)17-6-7-22(36-3)32-13-17/h4-7,11,13,18-19H,8-10,12,14H2,1-3H3,(H2,30,35)(H,31,34)/t18-,19?/m0/s1. The molecule has 3 N–H and O–H groups in total. The molecule has 2 atom stereocenters. The van der Waals surface area contributed by atoms with Gasteiger partial charge < -0.3 is 20.7 Å². The van der Waals surface area contributed by atoms with Gasteiger partial charge >= 0.3 is 6.18 Å². The molecule has 1 saturated carbocycles. The van der Waals surface area contributed by atoms with E-state index >= 15 is 0 Å². The summed E-state index contributed by atoms with van der Waals surface area (Å²) in [6, 6.07) is 7.62. The lowest BCUT2D eigenvalue weighted by molar-refractivity contribution is -0.194. The quantitative estimate of drug-likeness (QED) is 0.462. The van der Waals surface area contributed by atoms with Gasteiger partial charge in [-0.1, -0.05) is 23.7 Å². The number of pyridine rings is 1. The van der Waals surface area contributed by atoms with E-state index in [0.29, 0.717) is 17.0 Å². The number of halogens is 4. The third kappa shape index (κ3) is 6.28. The highest BCUT2D eigenvalue weighted by molar-refractivity contribution is 6.31. The Balaban J connectivity index is 1.71. The number of likely N-dealkylation sites (N-methyl/N-ethyl adjacent to an activating group) is 1. The molecule has 1 heterocycles. The number of amides is 2. The number of carbonyl (C=O) groups excluding carboxylic acids is 2. The van der Waals surface area contributed by atoms with Gasteiger partial charge in [0.1, 0.15) is 0 Å². The summed E-state index contributed by atoms with van der Waals surface area (Å²) in [5.41, 5.74) is 4.75. The van der Waals surface area contributed by atoms with Crippen LogP contribution in [0.25, 0.3) is 0 Å². The SMILES string of the molecule is COc1ccc(C(CC(=O)NC[C@H](Cc2ccc(C(N)=O)cc2Cl)N(C)C)C2(C(F)(F)F)CC2)cn1. The molecule has 1 fully saturated rings. The number of rotatable bonds is 11. The van der Waals surface area contributed by atoms with Crippen LogP contribution in [0.15, 0.2) is 36.5 Å². The highest BCUT2D eigenvalue weighted by Gasteiger charge is 2.67. The highest BCUT2D eigenvalue weighted by atomic mass is 35.5. The summed E-state index contributed by atoms with van der Waals surface area (Å²) < 4.78 is 47.0. The molecule has 0 aliphatic heterocycles. The Kier molecular flexibility index (Phi) is 8.51. The lowest BCUT2D eigenvalue weighted by Crippen LogP contribution is -2.42. The molecule has 1 aromatic heterocycles. The van der Waals surface area contributed by atoms with Gasteiger partial charge in [0.15, 0.2) is 0 Å². The molecule has 3 rings (SSSR count). The van der Waals surface area contributed by atoms with E-state index in [1.54, 1.807) is 12.1 Å². The van der Waals surface area contributed by atoms with Crippen molar-refractivity contribution in [3.8, 4) is 5.88 Å². The molecule has 1 unspecified atom stereocenters.